The number of hydrogen-bond donors (Lipinski definition) is 1. The second-order valence-electron chi connectivity index (χ2n) is 5.58. The zero-order chi connectivity index (χ0) is 13.7. The van der Waals surface area contributed by atoms with E-state index >= 15 is 0 Å². The number of hydrogen-bond acceptors (Lipinski definition) is 4. The number of nitrogens with zero attached hydrogens (tertiary/aromatic N) is 3. The maximum absolute atomic E-state index is 12.5. The average Bonchev–Trinajstić information content (AvgIpc) is 3.19. The summed E-state index contributed by atoms with van der Waals surface area (Å²) in [4.78, 5) is 18.8. The van der Waals surface area contributed by atoms with E-state index in [9.17, 15) is 4.79 Å². The van der Waals surface area contributed by atoms with Crippen LogP contribution in [0.15, 0.2) is 35.4 Å². The Hall–Kier alpha value is -2.30. The van der Waals surface area contributed by atoms with E-state index in [1.54, 1.807) is 12.4 Å². The summed E-state index contributed by atoms with van der Waals surface area (Å²) in [5.41, 5.74) is 9.02. The van der Waals surface area contributed by atoms with Crippen molar-refractivity contribution in [2.75, 3.05) is 10.6 Å². The second-order valence-corrected chi connectivity index (χ2v) is 5.58. The van der Waals surface area contributed by atoms with E-state index in [0.29, 0.717) is 18.4 Å². The summed E-state index contributed by atoms with van der Waals surface area (Å²) in [5.74, 6) is 0.550. The van der Waals surface area contributed by atoms with Crippen LogP contribution in [-0.2, 0) is 13.1 Å². The second kappa shape index (κ2) is 4.10. The Bertz CT molecular complexity index is 733. The molecule has 2 N–H and O–H groups in total. The molecular weight excluding hydrogens is 252 g/mol. The van der Waals surface area contributed by atoms with Gasteiger partial charge in [0.05, 0.1) is 0 Å². The fourth-order valence-electron chi connectivity index (χ4n) is 2.84. The predicted molar refractivity (Wildman–Crippen MR) is 77.5 cm³/mol. The Morgan fingerprint density at radius 2 is 2.00 bits per heavy atom. The standard InChI is InChI=1S/C15H16N4O/c16-12-2-1-10-8-18(9-11(10)7-12)14-15(20)19(6-5-17-14)13-3-4-13/h1-2,5-7,13H,3-4,8-9,16H2. The zero-order valence-electron chi connectivity index (χ0n) is 11.1. The van der Waals surface area contributed by atoms with Crippen LogP contribution in [0.1, 0.15) is 30.0 Å². The average molecular weight is 268 g/mol. The molecule has 2 heterocycles. The molecule has 0 amide bonds. The SMILES string of the molecule is Nc1ccc2c(c1)CN(c1nccn(C3CC3)c1=O)C2. The quantitative estimate of drug-likeness (QED) is 0.842. The minimum absolute atomic E-state index is 0.0239. The van der Waals surface area contributed by atoms with Crippen LogP contribution in [0.3, 0.4) is 0 Å². The Labute approximate surface area is 116 Å². The normalized spacial score (nSPS) is 17.3. The smallest absolute Gasteiger partial charge is 0.293 e. The van der Waals surface area contributed by atoms with E-state index in [4.69, 9.17) is 5.73 Å². The van der Waals surface area contributed by atoms with Crippen molar-refractivity contribution in [2.24, 2.45) is 0 Å². The molecule has 5 heteroatoms. The first-order valence-electron chi connectivity index (χ1n) is 6.92. The van der Waals surface area contributed by atoms with Crippen LogP contribution < -0.4 is 16.2 Å². The highest BCUT2D eigenvalue weighted by atomic mass is 16.1. The summed E-state index contributed by atoms with van der Waals surface area (Å²) >= 11 is 0. The molecule has 0 saturated heterocycles. The van der Waals surface area contributed by atoms with Crippen molar-refractivity contribution in [3.63, 3.8) is 0 Å². The summed E-state index contributed by atoms with van der Waals surface area (Å²) in [7, 11) is 0. The van der Waals surface area contributed by atoms with Crippen molar-refractivity contribution in [2.45, 2.75) is 32.0 Å². The van der Waals surface area contributed by atoms with Crippen LogP contribution in [0.25, 0.3) is 0 Å². The fraction of sp³-hybridized carbons (Fsp3) is 0.333. The summed E-state index contributed by atoms with van der Waals surface area (Å²) in [6.45, 7) is 1.43. The van der Waals surface area contributed by atoms with Crippen molar-refractivity contribution in [3.8, 4) is 0 Å². The molecule has 2 aliphatic rings. The van der Waals surface area contributed by atoms with E-state index in [1.807, 2.05) is 27.7 Å². The molecule has 1 saturated carbocycles. The molecule has 0 atom stereocenters. The number of nitrogens with two attached hydrogens (primary N) is 1. The van der Waals surface area contributed by atoms with Gasteiger partial charge in [-0.15, -0.1) is 0 Å². The summed E-state index contributed by atoms with van der Waals surface area (Å²) in [5, 5.41) is 0. The third-order valence-corrected chi connectivity index (χ3v) is 4.04. The van der Waals surface area contributed by atoms with Crippen molar-refractivity contribution in [1.82, 2.24) is 9.55 Å². The highest BCUT2D eigenvalue weighted by Gasteiger charge is 2.28. The molecule has 1 aromatic heterocycles. The Kier molecular flexibility index (Phi) is 2.36. The Morgan fingerprint density at radius 1 is 1.20 bits per heavy atom. The topological polar surface area (TPSA) is 64.2 Å². The molecule has 1 aliphatic carbocycles. The van der Waals surface area contributed by atoms with Gasteiger partial charge in [-0.1, -0.05) is 6.07 Å². The van der Waals surface area contributed by atoms with E-state index < -0.39 is 0 Å². The van der Waals surface area contributed by atoms with Crippen LogP contribution >= 0.6 is 0 Å². The third-order valence-electron chi connectivity index (χ3n) is 4.04. The first kappa shape index (κ1) is 11.5. The van der Waals surface area contributed by atoms with E-state index in [0.717, 1.165) is 25.1 Å². The Balaban J connectivity index is 1.70. The predicted octanol–water partition coefficient (Wildman–Crippen LogP) is 1.68. The molecule has 0 unspecified atom stereocenters. The lowest BCUT2D eigenvalue weighted by Crippen LogP contribution is -2.29. The molecule has 1 fully saturated rings. The number of anilines is 2. The van der Waals surface area contributed by atoms with E-state index in [2.05, 4.69) is 4.98 Å². The Morgan fingerprint density at radius 3 is 2.80 bits per heavy atom. The molecule has 102 valence electrons. The van der Waals surface area contributed by atoms with Crippen molar-refractivity contribution < 1.29 is 0 Å². The zero-order valence-corrected chi connectivity index (χ0v) is 11.1. The molecule has 4 rings (SSSR count). The van der Waals surface area contributed by atoms with Crippen molar-refractivity contribution in [1.29, 1.82) is 0 Å². The van der Waals surface area contributed by atoms with E-state index in [1.165, 1.54) is 11.1 Å². The minimum Gasteiger partial charge on any atom is -0.399 e. The molecular formula is C15H16N4O. The minimum atomic E-state index is 0.0239. The lowest BCUT2D eigenvalue weighted by molar-refractivity contribution is 0.686. The van der Waals surface area contributed by atoms with Gasteiger partial charge in [-0.25, -0.2) is 4.98 Å². The number of rotatable bonds is 2. The van der Waals surface area contributed by atoms with Gasteiger partial charge in [0.25, 0.3) is 5.56 Å². The number of fused-ring (bicyclic) bond motifs is 1. The van der Waals surface area contributed by atoms with Gasteiger partial charge in [0, 0.05) is 37.2 Å². The lowest BCUT2D eigenvalue weighted by atomic mass is 10.1. The number of benzene rings is 1. The van der Waals surface area contributed by atoms with Crippen molar-refractivity contribution in [3.05, 3.63) is 52.1 Å². The van der Waals surface area contributed by atoms with Gasteiger partial charge in [-0.05, 0) is 36.1 Å². The van der Waals surface area contributed by atoms with Gasteiger partial charge in [-0.2, -0.15) is 0 Å². The highest BCUT2D eigenvalue weighted by Crippen LogP contribution is 2.34. The molecule has 0 radical (unpaired) electrons. The van der Waals surface area contributed by atoms with Gasteiger partial charge in [0.1, 0.15) is 0 Å². The van der Waals surface area contributed by atoms with Crippen LogP contribution in [0.2, 0.25) is 0 Å². The number of aromatic nitrogens is 2. The van der Waals surface area contributed by atoms with Gasteiger partial charge < -0.3 is 15.2 Å². The summed E-state index contributed by atoms with van der Waals surface area (Å²) < 4.78 is 1.82. The molecule has 5 nitrogen and oxygen atoms in total. The maximum Gasteiger partial charge on any atom is 0.293 e. The highest BCUT2D eigenvalue weighted by molar-refractivity contribution is 5.52. The van der Waals surface area contributed by atoms with E-state index in [-0.39, 0.29) is 5.56 Å². The van der Waals surface area contributed by atoms with Gasteiger partial charge >= 0.3 is 0 Å². The van der Waals surface area contributed by atoms with Gasteiger partial charge in [-0.3, -0.25) is 4.79 Å². The molecule has 0 spiro atoms. The van der Waals surface area contributed by atoms with Gasteiger partial charge in [0.15, 0.2) is 5.82 Å². The molecule has 20 heavy (non-hydrogen) atoms. The third kappa shape index (κ3) is 1.78. The first-order chi connectivity index (χ1) is 9.72. The van der Waals surface area contributed by atoms with Gasteiger partial charge in [0.2, 0.25) is 0 Å². The molecule has 1 aliphatic heterocycles. The van der Waals surface area contributed by atoms with Crippen molar-refractivity contribution >= 4 is 11.5 Å². The lowest BCUT2D eigenvalue weighted by Gasteiger charge is -2.16. The van der Waals surface area contributed by atoms with Crippen LogP contribution in [0, 0.1) is 0 Å². The van der Waals surface area contributed by atoms with Crippen LogP contribution in [0.5, 0.6) is 0 Å². The maximum atomic E-state index is 12.5. The number of nitrogen functional groups attached to an aromatic ring is 1. The fourth-order valence-corrected chi connectivity index (χ4v) is 2.84. The van der Waals surface area contributed by atoms with Crippen LogP contribution in [0.4, 0.5) is 11.5 Å². The van der Waals surface area contributed by atoms with Crippen LogP contribution in [-0.4, -0.2) is 9.55 Å². The summed E-state index contributed by atoms with van der Waals surface area (Å²) in [6, 6.07) is 6.30. The largest absolute Gasteiger partial charge is 0.399 e. The summed E-state index contributed by atoms with van der Waals surface area (Å²) in [6.07, 6.45) is 5.72. The molecule has 2 aromatic rings. The monoisotopic (exact) mass is 268 g/mol. The molecule has 1 aromatic carbocycles. The first-order valence-corrected chi connectivity index (χ1v) is 6.92. The molecule has 0 bridgehead atoms.